The van der Waals surface area contributed by atoms with E-state index in [1.54, 1.807) is 34.9 Å². The van der Waals surface area contributed by atoms with Crippen LogP contribution in [0.3, 0.4) is 0 Å². The normalized spacial score (nSPS) is 12.2. The molecule has 4 rings (SSSR count). The second-order valence-electron chi connectivity index (χ2n) is 11.0. The minimum atomic E-state index is -1.08. The largest absolute Gasteiger partial charge is 0.493 e. The lowest BCUT2D eigenvalue weighted by atomic mass is 9.96. The fourth-order valence-electron chi connectivity index (χ4n) is 5.15. The Morgan fingerprint density at radius 1 is 0.975 bits per heavy atom. The van der Waals surface area contributed by atoms with Gasteiger partial charge in [-0.1, -0.05) is 47.2 Å². The van der Waals surface area contributed by atoms with Gasteiger partial charge in [0.1, 0.15) is 18.1 Å². The fourth-order valence-corrected chi connectivity index (χ4v) is 5.15. The van der Waals surface area contributed by atoms with Crippen LogP contribution in [0.4, 0.5) is 5.69 Å². The van der Waals surface area contributed by atoms with Gasteiger partial charge in [0.05, 0.1) is 25.4 Å². The predicted molar refractivity (Wildman–Crippen MR) is 156 cm³/mol. The van der Waals surface area contributed by atoms with Crippen LogP contribution < -0.4 is 19.7 Å². The molecule has 1 heterocycles. The number of rotatable bonds is 8. The first-order chi connectivity index (χ1) is 18.9. The van der Waals surface area contributed by atoms with E-state index >= 15 is 0 Å². The Morgan fingerprint density at radius 3 is 2.27 bits per heavy atom. The maximum atomic E-state index is 14.5. The van der Waals surface area contributed by atoms with Crippen molar-refractivity contribution in [1.29, 1.82) is 0 Å². The van der Waals surface area contributed by atoms with Crippen molar-refractivity contribution in [1.82, 2.24) is 20.3 Å². The highest BCUT2D eigenvalue weighted by atomic mass is 16.5. The Balaban J connectivity index is 1.97. The SMILES string of the molecule is COc1cccc([C@@H](C(=O)NC(C)(C)C)N(C(=O)Cn2nnc3ccccc32)c2c(C)cc(C)cc2C)c1OC. The molecular weight excluding hydrogens is 506 g/mol. The summed E-state index contributed by atoms with van der Waals surface area (Å²) in [6.45, 7) is 11.5. The van der Waals surface area contributed by atoms with E-state index in [-0.39, 0.29) is 18.4 Å². The average molecular weight is 544 g/mol. The average Bonchev–Trinajstić information content (AvgIpc) is 3.28. The van der Waals surface area contributed by atoms with Crippen LogP contribution in [0.15, 0.2) is 54.6 Å². The number of hydrogen-bond acceptors (Lipinski definition) is 6. The molecule has 40 heavy (non-hydrogen) atoms. The number of aromatic nitrogens is 3. The molecule has 1 N–H and O–H groups in total. The molecule has 3 aromatic carbocycles. The topological polar surface area (TPSA) is 98.6 Å². The summed E-state index contributed by atoms with van der Waals surface area (Å²) in [5.41, 5.74) is 4.79. The minimum absolute atomic E-state index is 0.126. The van der Waals surface area contributed by atoms with Crippen molar-refractivity contribution >= 4 is 28.5 Å². The number of anilines is 1. The van der Waals surface area contributed by atoms with Gasteiger partial charge in [-0.2, -0.15) is 0 Å². The van der Waals surface area contributed by atoms with Crippen LogP contribution in [-0.4, -0.2) is 46.6 Å². The molecule has 1 atom stereocenters. The lowest BCUT2D eigenvalue weighted by Crippen LogP contribution is -2.50. The molecule has 0 bridgehead atoms. The van der Waals surface area contributed by atoms with Crippen molar-refractivity contribution in [3.63, 3.8) is 0 Å². The van der Waals surface area contributed by atoms with Gasteiger partial charge in [-0.05, 0) is 70.9 Å². The van der Waals surface area contributed by atoms with Gasteiger partial charge in [-0.3, -0.25) is 14.5 Å². The van der Waals surface area contributed by atoms with E-state index < -0.39 is 11.6 Å². The second-order valence-corrected chi connectivity index (χ2v) is 11.0. The van der Waals surface area contributed by atoms with Crippen LogP contribution in [-0.2, 0) is 16.1 Å². The van der Waals surface area contributed by atoms with Crippen LogP contribution in [0.2, 0.25) is 0 Å². The van der Waals surface area contributed by atoms with Crippen molar-refractivity contribution in [3.05, 3.63) is 76.9 Å². The van der Waals surface area contributed by atoms with Gasteiger partial charge in [-0.25, -0.2) is 4.68 Å². The van der Waals surface area contributed by atoms with Gasteiger partial charge in [-0.15, -0.1) is 5.10 Å². The summed E-state index contributed by atoms with van der Waals surface area (Å²) in [6.07, 6.45) is 0. The number of hydrogen-bond donors (Lipinski definition) is 1. The van der Waals surface area contributed by atoms with E-state index in [4.69, 9.17) is 9.47 Å². The molecule has 4 aromatic rings. The van der Waals surface area contributed by atoms with E-state index in [1.807, 2.05) is 77.9 Å². The first-order valence-electron chi connectivity index (χ1n) is 13.2. The summed E-state index contributed by atoms with van der Waals surface area (Å²) >= 11 is 0. The molecular formula is C31H37N5O4. The quantitative estimate of drug-likeness (QED) is 0.334. The molecule has 9 heteroatoms. The Kier molecular flexibility index (Phi) is 8.13. The molecule has 2 amide bonds. The highest BCUT2D eigenvalue weighted by Crippen LogP contribution is 2.41. The predicted octanol–water partition coefficient (Wildman–Crippen LogP) is 5.06. The number of ether oxygens (including phenoxy) is 2. The molecule has 9 nitrogen and oxygen atoms in total. The Morgan fingerprint density at radius 2 is 1.65 bits per heavy atom. The third kappa shape index (κ3) is 5.78. The summed E-state index contributed by atoms with van der Waals surface area (Å²) in [5.74, 6) is 0.158. The zero-order valence-corrected chi connectivity index (χ0v) is 24.4. The molecule has 210 valence electrons. The number of methoxy groups -OCH3 is 2. The van der Waals surface area contributed by atoms with E-state index in [0.717, 1.165) is 22.2 Å². The number of nitrogens with one attached hydrogen (secondary N) is 1. The number of para-hydroxylation sites is 2. The van der Waals surface area contributed by atoms with Crippen molar-refractivity contribution in [3.8, 4) is 11.5 Å². The van der Waals surface area contributed by atoms with Gasteiger partial charge < -0.3 is 14.8 Å². The maximum absolute atomic E-state index is 14.5. The molecule has 0 aliphatic rings. The first-order valence-corrected chi connectivity index (χ1v) is 13.2. The number of amides is 2. The van der Waals surface area contributed by atoms with Crippen LogP contribution in [0.5, 0.6) is 11.5 Å². The van der Waals surface area contributed by atoms with E-state index in [0.29, 0.717) is 28.3 Å². The molecule has 0 radical (unpaired) electrons. The molecule has 0 saturated heterocycles. The van der Waals surface area contributed by atoms with Gasteiger partial charge in [0.2, 0.25) is 11.8 Å². The number of carbonyl (C=O) groups is 2. The monoisotopic (exact) mass is 543 g/mol. The highest BCUT2D eigenvalue weighted by molar-refractivity contribution is 6.03. The molecule has 0 saturated carbocycles. The third-order valence-electron chi connectivity index (χ3n) is 6.58. The Bertz CT molecular complexity index is 1530. The summed E-state index contributed by atoms with van der Waals surface area (Å²) in [6, 6.07) is 15.7. The zero-order valence-electron chi connectivity index (χ0n) is 24.4. The summed E-state index contributed by atoms with van der Waals surface area (Å²) < 4.78 is 12.9. The number of benzene rings is 3. The number of carbonyl (C=O) groups excluding carboxylic acids is 2. The molecule has 0 unspecified atom stereocenters. The smallest absolute Gasteiger partial charge is 0.249 e. The summed E-state index contributed by atoms with van der Waals surface area (Å²) in [7, 11) is 3.06. The van der Waals surface area contributed by atoms with Crippen molar-refractivity contribution in [2.45, 2.75) is 59.7 Å². The van der Waals surface area contributed by atoms with E-state index in [9.17, 15) is 9.59 Å². The molecule has 0 spiro atoms. The lowest BCUT2D eigenvalue weighted by Gasteiger charge is -2.36. The van der Waals surface area contributed by atoms with Gasteiger partial charge >= 0.3 is 0 Å². The van der Waals surface area contributed by atoms with Crippen LogP contribution >= 0.6 is 0 Å². The van der Waals surface area contributed by atoms with Gasteiger partial charge in [0.15, 0.2) is 11.5 Å². The van der Waals surface area contributed by atoms with Gasteiger partial charge in [0, 0.05) is 11.1 Å². The summed E-state index contributed by atoms with van der Waals surface area (Å²) in [5, 5.41) is 11.5. The van der Waals surface area contributed by atoms with Crippen LogP contribution in [0.25, 0.3) is 11.0 Å². The van der Waals surface area contributed by atoms with Crippen molar-refractivity contribution in [2.24, 2.45) is 0 Å². The molecule has 0 aliphatic carbocycles. The number of fused-ring (bicyclic) bond motifs is 1. The van der Waals surface area contributed by atoms with Crippen molar-refractivity contribution in [2.75, 3.05) is 19.1 Å². The lowest BCUT2D eigenvalue weighted by molar-refractivity contribution is -0.128. The Labute approximate surface area is 235 Å². The highest BCUT2D eigenvalue weighted by Gasteiger charge is 2.38. The standard InChI is InChI=1S/C31H37N5O4/c1-19-16-20(2)27(21(3)17-19)36(26(37)18-35-24-14-10-9-13-23(24)33-34-35)28(30(38)32-31(4,5)6)22-12-11-15-25(39-7)29(22)40-8/h9-17,28H,18H2,1-8H3,(H,32,38)/t28-/m0/s1. The molecule has 0 fully saturated rings. The number of nitrogens with zero attached hydrogens (tertiary/aromatic N) is 4. The van der Waals surface area contributed by atoms with E-state index in [1.165, 1.54) is 7.11 Å². The molecule has 1 aromatic heterocycles. The van der Waals surface area contributed by atoms with Crippen molar-refractivity contribution < 1.29 is 19.1 Å². The first kappa shape index (κ1) is 28.6. The zero-order chi connectivity index (χ0) is 29.2. The van der Waals surface area contributed by atoms with Crippen LogP contribution in [0.1, 0.15) is 49.1 Å². The fraction of sp³-hybridized carbons (Fsp3) is 0.355. The minimum Gasteiger partial charge on any atom is -0.493 e. The number of aryl methyl sites for hydroxylation is 3. The second kappa shape index (κ2) is 11.4. The van der Waals surface area contributed by atoms with Gasteiger partial charge in [0.25, 0.3) is 0 Å². The summed E-state index contributed by atoms with van der Waals surface area (Å²) in [4.78, 5) is 30.3. The molecule has 0 aliphatic heterocycles. The third-order valence-corrected chi connectivity index (χ3v) is 6.58. The maximum Gasteiger partial charge on any atom is 0.249 e. The van der Waals surface area contributed by atoms with E-state index in [2.05, 4.69) is 15.6 Å². The Hall–Kier alpha value is -4.40. The van der Waals surface area contributed by atoms with Crippen LogP contribution in [0, 0.1) is 20.8 Å².